The number of nitrogens with zero attached hydrogens (tertiary/aromatic N) is 1. The number of carbonyl (C=O) groups excluding carboxylic acids is 2. The van der Waals surface area contributed by atoms with Crippen LogP contribution in [0.25, 0.3) is 0 Å². The second kappa shape index (κ2) is 7.86. The van der Waals surface area contributed by atoms with E-state index in [-0.39, 0.29) is 17.8 Å². The standard InChI is InChI=1S/C19H20FN3O3/c20-14-4-6-16(7-5-14)26-17-8-10-23(11-9-17)18(24)13-2-1-3-15(12-13)22-19(21)25/h1-7,12,17H,8-11H2,(H3,21,22,25). The number of anilines is 1. The lowest BCUT2D eigenvalue weighted by Crippen LogP contribution is -2.41. The van der Waals surface area contributed by atoms with E-state index in [0.29, 0.717) is 42.9 Å². The van der Waals surface area contributed by atoms with Crippen LogP contribution in [0.3, 0.4) is 0 Å². The normalized spacial score (nSPS) is 14.7. The molecule has 6 nitrogen and oxygen atoms in total. The van der Waals surface area contributed by atoms with Gasteiger partial charge in [-0.05, 0) is 42.5 Å². The first-order chi connectivity index (χ1) is 12.5. The van der Waals surface area contributed by atoms with Crippen LogP contribution in [0.15, 0.2) is 48.5 Å². The van der Waals surface area contributed by atoms with Gasteiger partial charge in [0.25, 0.3) is 5.91 Å². The molecule has 0 saturated carbocycles. The molecule has 2 aromatic carbocycles. The van der Waals surface area contributed by atoms with Gasteiger partial charge in [0.15, 0.2) is 0 Å². The van der Waals surface area contributed by atoms with Gasteiger partial charge < -0.3 is 20.7 Å². The van der Waals surface area contributed by atoms with Crippen LogP contribution >= 0.6 is 0 Å². The summed E-state index contributed by atoms with van der Waals surface area (Å²) in [7, 11) is 0. The predicted octanol–water partition coefficient (Wildman–Crippen LogP) is 3.00. The van der Waals surface area contributed by atoms with Crippen LogP contribution < -0.4 is 15.8 Å². The van der Waals surface area contributed by atoms with E-state index in [2.05, 4.69) is 5.32 Å². The summed E-state index contributed by atoms with van der Waals surface area (Å²) in [4.78, 5) is 25.3. The summed E-state index contributed by atoms with van der Waals surface area (Å²) in [6.45, 7) is 1.14. The molecule has 1 saturated heterocycles. The van der Waals surface area contributed by atoms with Crippen LogP contribution in [0.4, 0.5) is 14.9 Å². The fourth-order valence-electron chi connectivity index (χ4n) is 2.94. The molecule has 3 N–H and O–H groups in total. The molecule has 0 aliphatic carbocycles. The molecule has 0 aromatic heterocycles. The Morgan fingerprint density at radius 1 is 1.12 bits per heavy atom. The van der Waals surface area contributed by atoms with E-state index in [0.717, 1.165) is 0 Å². The summed E-state index contributed by atoms with van der Waals surface area (Å²) in [5.41, 5.74) is 6.08. The molecule has 1 heterocycles. The summed E-state index contributed by atoms with van der Waals surface area (Å²) < 4.78 is 18.8. The van der Waals surface area contributed by atoms with Gasteiger partial charge in [-0.3, -0.25) is 4.79 Å². The molecule has 136 valence electrons. The Morgan fingerprint density at radius 3 is 2.46 bits per heavy atom. The first-order valence-corrected chi connectivity index (χ1v) is 8.39. The quantitative estimate of drug-likeness (QED) is 0.882. The van der Waals surface area contributed by atoms with Gasteiger partial charge in [-0.2, -0.15) is 0 Å². The van der Waals surface area contributed by atoms with Crippen molar-refractivity contribution in [3.8, 4) is 5.75 Å². The smallest absolute Gasteiger partial charge is 0.316 e. The first kappa shape index (κ1) is 17.7. The van der Waals surface area contributed by atoms with Gasteiger partial charge in [-0.15, -0.1) is 0 Å². The number of ether oxygens (including phenoxy) is 1. The molecule has 0 unspecified atom stereocenters. The third-order valence-electron chi connectivity index (χ3n) is 4.22. The summed E-state index contributed by atoms with van der Waals surface area (Å²) in [6.07, 6.45) is 1.39. The fourth-order valence-corrected chi connectivity index (χ4v) is 2.94. The average Bonchev–Trinajstić information content (AvgIpc) is 2.63. The number of primary amides is 1. The lowest BCUT2D eigenvalue weighted by atomic mass is 10.1. The van der Waals surface area contributed by atoms with Crippen LogP contribution in [-0.2, 0) is 0 Å². The highest BCUT2D eigenvalue weighted by molar-refractivity contribution is 5.96. The Balaban J connectivity index is 1.56. The van der Waals surface area contributed by atoms with Crippen molar-refractivity contribution in [3.63, 3.8) is 0 Å². The lowest BCUT2D eigenvalue weighted by molar-refractivity contribution is 0.0595. The minimum absolute atomic E-state index is 0.00706. The molecule has 26 heavy (non-hydrogen) atoms. The van der Waals surface area contributed by atoms with Crippen molar-refractivity contribution in [3.05, 3.63) is 59.9 Å². The van der Waals surface area contributed by atoms with Crippen molar-refractivity contribution in [2.24, 2.45) is 5.73 Å². The molecule has 1 aliphatic rings. The highest BCUT2D eigenvalue weighted by Gasteiger charge is 2.25. The number of nitrogens with one attached hydrogen (secondary N) is 1. The number of halogens is 1. The maximum atomic E-state index is 12.9. The van der Waals surface area contributed by atoms with E-state index >= 15 is 0 Å². The summed E-state index contributed by atoms with van der Waals surface area (Å²) in [5.74, 6) is 0.227. The molecule has 2 aromatic rings. The molecular formula is C19H20FN3O3. The minimum atomic E-state index is -0.673. The van der Waals surface area contributed by atoms with Crippen molar-refractivity contribution in [2.75, 3.05) is 18.4 Å². The van der Waals surface area contributed by atoms with Gasteiger partial charge in [0.05, 0.1) is 0 Å². The number of hydrogen-bond donors (Lipinski definition) is 2. The Bertz CT molecular complexity index is 787. The largest absolute Gasteiger partial charge is 0.490 e. The van der Waals surface area contributed by atoms with Crippen LogP contribution in [-0.4, -0.2) is 36.0 Å². The number of amides is 3. The zero-order valence-electron chi connectivity index (χ0n) is 14.2. The second-order valence-electron chi connectivity index (χ2n) is 6.13. The van der Waals surface area contributed by atoms with Gasteiger partial charge in [0.1, 0.15) is 17.7 Å². The predicted molar refractivity (Wildman–Crippen MR) is 95.6 cm³/mol. The van der Waals surface area contributed by atoms with Crippen molar-refractivity contribution in [2.45, 2.75) is 18.9 Å². The number of rotatable bonds is 4. The van der Waals surface area contributed by atoms with E-state index in [1.165, 1.54) is 12.1 Å². The topological polar surface area (TPSA) is 84.7 Å². The fraction of sp³-hybridized carbons (Fsp3) is 0.263. The van der Waals surface area contributed by atoms with Gasteiger partial charge >= 0.3 is 6.03 Å². The summed E-state index contributed by atoms with van der Waals surface area (Å²) >= 11 is 0. The molecular weight excluding hydrogens is 337 g/mol. The van der Waals surface area contributed by atoms with Crippen molar-refractivity contribution < 1.29 is 18.7 Å². The number of hydrogen-bond acceptors (Lipinski definition) is 3. The third-order valence-corrected chi connectivity index (χ3v) is 4.22. The van der Waals surface area contributed by atoms with E-state index < -0.39 is 6.03 Å². The summed E-state index contributed by atoms with van der Waals surface area (Å²) in [6, 6.07) is 11.9. The molecule has 0 radical (unpaired) electrons. The van der Waals surface area contributed by atoms with Crippen LogP contribution in [0.5, 0.6) is 5.75 Å². The zero-order chi connectivity index (χ0) is 18.5. The Morgan fingerprint density at radius 2 is 1.81 bits per heavy atom. The number of likely N-dealkylation sites (tertiary alicyclic amines) is 1. The molecule has 3 rings (SSSR count). The minimum Gasteiger partial charge on any atom is -0.490 e. The van der Waals surface area contributed by atoms with Crippen LogP contribution in [0.2, 0.25) is 0 Å². The number of benzene rings is 2. The lowest BCUT2D eigenvalue weighted by Gasteiger charge is -2.32. The number of carbonyl (C=O) groups is 2. The molecule has 3 amide bonds. The van der Waals surface area contributed by atoms with Gasteiger partial charge in [-0.1, -0.05) is 6.07 Å². The van der Waals surface area contributed by atoms with Gasteiger partial charge in [-0.25, -0.2) is 9.18 Å². The average molecular weight is 357 g/mol. The van der Waals surface area contributed by atoms with E-state index in [4.69, 9.17) is 10.5 Å². The maximum absolute atomic E-state index is 12.9. The van der Waals surface area contributed by atoms with E-state index in [1.54, 1.807) is 41.3 Å². The van der Waals surface area contributed by atoms with Crippen LogP contribution in [0.1, 0.15) is 23.2 Å². The number of piperidine rings is 1. The molecule has 0 spiro atoms. The molecule has 1 aliphatic heterocycles. The molecule has 1 fully saturated rings. The Kier molecular flexibility index (Phi) is 5.36. The van der Waals surface area contributed by atoms with E-state index in [9.17, 15) is 14.0 Å². The summed E-state index contributed by atoms with van der Waals surface area (Å²) in [5, 5.41) is 2.46. The molecule has 7 heteroatoms. The second-order valence-corrected chi connectivity index (χ2v) is 6.13. The highest BCUT2D eigenvalue weighted by atomic mass is 19.1. The first-order valence-electron chi connectivity index (χ1n) is 8.39. The third kappa shape index (κ3) is 4.50. The highest BCUT2D eigenvalue weighted by Crippen LogP contribution is 2.21. The van der Waals surface area contributed by atoms with Gasteiger partial charge in [0.2, 0.25) is 0 Å². The van der Waals surface area contributed by atoms with Gasteiger partial charge in [0, 0.05) is 37.2 Å². The maximum Gasteiger partial charge on any atom is 0.316 e. The molecule has 0 bridgehead atoms. The van der Waals surface area contributed by atoms with Crippen molar-refractivity contribution >= 4 is 17.6 Å². The number of nitrogens with two attached hydrogens (primary N) is 1. The van der Waals surface area contributed by atoms with E-state index in [1.807, 2.05) is 0 Å². The Hall–Kier alpha value is -3.09. The Labute approximate surface area is 150 Å². The zero-order valence-corrected chi connectivity index (χ0v) is 14.2. The number of urea groups is 1. The molecule has 0 atom stereocenters. The van der Waals surface area contributed by atoms with Crippen molar-refractivity contribution in [1.29, 1.82) is 0 Å². The monoisotopic (exact) mass is 357 g/mol. The van der Waals surface area contributed by atoms with Crippen LogP contribution in [0, 0.1) is 5.82 Å². The van der Waals surface area contributed by atoms with Crippen molar-refractivity contribution in [1.82, 2.24) is 4.90 Å². The SMILES string of the molecule is NC(=O)Nc1cccc(C(=O)N2CCC(Oc3ccc(F)cc3)CC2)c1.